The molecule has 1 amide bonds. The van der Waals surface area contributed by atoms with Crippen LogP contribution in [-0.4, -0.2) is 80.2 Å². The first kappa shape index (κ1) is 23.4. The van der Waals surface area contributed by atoms with Crippen molar-refractivity contribution in [2.45, 2.75) is 57.7 Å². The zero-order chi connectivity index (χ0) is 24.1. The van der Waals surface area contributed by atoms with E-state index in [4.69, 9.17) is 4.74 Å². The predicted molar refractivity (Wildman–Crippen MR) is 119 cm³/mol. The van der Waals surface area contributed by atoms with E-state index in [1.807, 2.05) is 0 Å². The van der Waals surface area contributed by atoms with Gasteiger partial charge in [0.2, 0.25) is 11.8 Å². The minimum absolute atomic E-state index is 0.125. The lowest BCUT2D eigenvalue weighted by atomic mass is 10.0. The van der Waals surface area contributed by atoms with Gasteiger partial charge >= 0.3 is 6.09 Å². The lowest BCUT2D eigenvalue weighted by molar-refractivity contribution is -0.0305. The van der Waals surface area contributed by atoms with Gasteiger partial charge in [0.1, 0.15) is 23.9 Å². The van der Waals surface area contributed by atoms with Gasteiger partial charge in [0.25, 0.3) is 0 Å². The molecule has 182 valence electrons. The zero-order valence-electron chi connectivity index (χ0n) is 19.0. The summed E-state index contributed by atoms with van der Waals surface area (Å²) in [6.45, 7) is 6.84. The number of aromatic nitrogens is 1. The molecule has 2 saturated heterocycles. The van der Waals surface area contributed by atoms with Crippen molar-refractivity contribution < 1.29 is 34.3 Å². The van der Waals surface area contributed by atoms with Crippen molar-refractivity contribution in [3.63, 3.8) is 0 Å². The number of fused-ring (bicyclic) bond motifs is 1. The highest BCUT2D eigenvalue weighted by atomic mass is 19.1. The van der Waals surface area contributed by atoms with Gasteiger partial charge in [-0.25, -0.2) is 9.18 Å². The number of amides is 1. The number of aromatic hydroxyl groups is 2. The van der Waals surface area contributed by atoms with Crippen molar-refractivity contribution in [1.82, 2.24) is 14.8 Å². The van der Waals surface area contributed by atoms with Crippen LogP contribution < -0.4 is 10.2 Å². The predicted octanol–water partition coefficient (Wildman–Crippen LogP) is 1.81. The number of halogens is 1. The maximum atomic E-state index is 15.0. The van der Waals surface area contributed by atoms with Crippen molar-refractivity contribution >= 4 is 22.6 Å². The molecule has 0 saturated carbocycles. The summed E-state index contributed by atoms with van der Waals surface area (Å²) in [5.41, 5.74) is -0.353. The van der Waals surface area contributed by atoms with Crippen LogP contribution in [0.3, 0.4) is 0 Å². The minimum Gasteiger partial charge on any atom is -0.494 e. The number of carbonyl (C=O) groups excluding carboxylic acids is 1. The number of rotatable bonds is 2. The standard InChI is InChI=1S/C22H31FN4O6/c1-22(2,3)33-21(32)26-8-6-25(7-9-26)16-11-13-12(10-14(16)23)19(30)27(20(13)31)15-4-5-17(28)24-18(15)29/h10-11,15,17-18,24,28-31H,4-9H2,1-3H3. The Hall–Kier alpha value is -2.76. The minimum atomic E-state index is -1.20. The summed E-state index contributed by atoms with van der Waals surface area (Å²) in [6.07, 6.45) is -1.87. The SMILES string of the molecule is CC(C)(C)OC(=O)N1CCN(c2cc3c(O)n(C4CCC(O)NC4O)c(O)c3cc2F)CC1. The number of ether oxygens (including phenoxy) is 1. The Morgan fingerprint density at radius 2 is 1.67 bits per heavy atom. The summed E-state index contributed by atoms with van der Waals surface area (Å²) < 4.78 is 21.6. The summed E-state index contributed by atoms with van der Waals surface area (Å²) >= 11 is 0. The van der Waals surface area contributed by atoms with Gasteiger partial charge in [0.15, 0.2) is 0 Å². The van der Waals surface area contributed by atoms with Gasteiger partial charge in [-0.05, 0) is 45.7 Å². The van der Waals surface area contributed by atoms with Gasteiger partial charge < -0.3 is 35.0 Å². The fourth-order valence-corrected chi connectivity index (χ4v) is 4.45. The van der Waals surface area contributed by atoms with Crippen molar-refractivity contribution in [3.05, 3.63) is 17.9 Å². The van der Waals surface area contributed by atoms with Crippen molar-refractivity contribution in [2.75, 3.05) is 31.1 Å². The molecule has 11 heteroatoms. The second-order valence-corrected chi connectivity index (χ2v) is 9.59. The van der Waals surface area contributed by atoms with Gasteiger partial charge in [-0.15, -0.1) is 0 Å². The number of piperazine rings is 1. The number of nitrogens with one attached hydrogen (secondary N) is 1. The molecule has 10 nitrogen and oxygen atoms in total. The van der Waals surface area contributed by atoms with E-state index in [9.17, 15) is 25.2 Å². The van der Waals surface area contributed by atoms with Crippen LogP contribution in [0.2, 0.25) is 0 Å². The summed E-state index contributed by atoms with van der Waals surface area (Å²) in [7, 11) is 0. The van der Waals surface area contributed by atoms with E-state index in [1.54, 1.807) is 30.6 Å². The van der Waals surface area contributed by atoms with Crippen molar-refractivity contribution in [3.8, 4) is 11.8 Å². The molecule has 3 heterocycles. The molecule has 2 fully saturated rings. The Labute approximate surface area is 190 Å². The van der Waals surface area contributed by atoms with Crippen LogP contribution in [0.25, 0.3) is 10.8 Å². The molecule has 2 aliphatic rings. The Morgan fingerprint density at radius 3 is 2.24 bits per heavy atom. The molecule has 1 aromatic carbocycles. The first-order valence-corrected chi connectivity index (χ1v) is 11.1. The number of piperidine rings is 1. The second-order valence-electron chi connectivity index (χ2n) is 9.59. The molecule has 3 atom stereocenters. The maximum Gasteiger partial charge on any atom is 0.410 e. The number of anilines is 1. The Balaban J connectivity index is 1.57. The van der Waals surface area contributed by atoms with Crippen molar-refractivity contribution in [1.29, 1.82) is 0 Å². The molecule has 0 bridgehead atoms. The monoisotopic (exact) mass is 466 g/mol. The highest BCUT2D eigenvalue weighted by Crippen LogP contribution is 2.43. The molecular weight excluding hydrogens is 435 g/mol. The summed E-state index contributed by atoms with van der Waals surface area (Å²) in [6, 6.07) is 1.90. The van der Waals surface area contributed by atoms with Crippen molar-refractivity contribution in [2.24, 2.45) is 0 Å². The Bertz CT molecular complexity index is 1040. The van der Waals surface area contributed by atoms with Gasteiger partial charge in [0, 0.05) is 31.6 Å². The molecule has 3 unspecified atom stereocenters. The van der Waals surface area contributed by atoms with Crippen LogP contribution in [0.5, 0.6) is 11.8 Å². The highest BCUT2D eigenvalue weighted by Gasteiger charge is 2.34. The number of hydrogen-bond donors (Lipinski definition) is 5. The molecule has 2 aliphatic heterocycles. The van der Waals surface area contributed by atoms with E-state index < -0.39 is 36.0 Å². The third kappa shape index (κ3) is 4.53. The molecule has 0 spiro atoms. The zero-order valence-corrected chi connectivity index (χ0v) is 19.0. The van der Waals surface area contributed by atoms with Crippen LogP contribution in [0, 0.1) is 5.82 Å². The van der Waals surface area contributed by atoms with Crippen LogP contribution >= 0.6 is 0 Å². The third-order valence-corrected chi connectivity index (χ3v) is 6.09. The number of aliphatic hydroxyl groups excluding tert-OH is 2. The number of benzene rings is 1. The van der Waals surface area contributed by atoms with Crippen LogP contribution in [0.1, 0.15) is 39.7 Å². The number of carbonyl (C=O) groups is 1. The average molecular weight is 467 g/mol. The fraction of sp³-hybridized carbons (Fsp3) is 0.591. The van der Waals surface area contributed by atoms with Crippen LogP contribution in [0.4, 0.5) is 14.9 Å². The van der Waals surface area contributed by atoms with Gasteiger partial charge in [-0.1, -0.05) is 0 Å². The lowest BCUT2D eigenvalue weighted by Gasteiger charge is -2.36. The number of hydrogen-bond acceptors (Lipinski definition) is 8. The van der Waals surface area contributed by atoms with Gasteiger partial charge in [-0.2, -0.15) is 0 Å². The highest BCUT2D eigenvalue weighted by molar-refractivity contribution is 5.95. The normalized spacial score (nSPS) is 24.4. The molecule has 0 aliphatic carbocycles. The Kier molecular flexibility index (Phi) is 6.06. The smallest absolute Gasteiger partial charge is 0.410 e. The Morgan fingerprint density at radius 1 is 1.06 bits per heavy atom. The van der Waals surface area contributed by atoms with E-state index in [2.05, 4.69) is 5.32 Å². The lowest BCUT2D eigenvalue weighted by Crippen LogP contribution is -2.50. The van der Waals surface area contributed by atoms with E-state index >= 15 is 4.39 Å². The fourth-order valence-electron chi connectivity index (χ4n) is 4.45. The maximum absolute atomic E-state index is 15.0. The quantitative estimate of drug-likeness (QED) is 0.453. The summed E-state index contributed by atoms with van der Waals surface area (Å²) in [5, 5.41) is 44.4. The van der Waals surface area contributed by atoms with E-state index in [0.29, 0.717) is 39.0 Å². The topological polar surface area (TPSA) is 131 Å². The largest absolute Gasteiger partial charge is 0.494 e. The molecule has 33 heavy (non-hydrogen) atoms. The first-order chi connectivity index (χ1) is 15.5. The molecule has 5 N–H and O–H groups in total. The summed E-state index contributed by atoms with van der Waals surface area (Å²) in [4.78, 5) is 15.6. The number of nitrogens with zero attached hydrogens (tertiary/aromatic N) is 3. The second kappa shape index (κ2) is 8.54. The first-order valence-electron chi connectivity index (χ1n) is 11.1. The summed E-state index contributed by atoms with van der Waals surface area (Å²) in [5.74, 6) is -1.22. The molecule has 1 aromatic heterocycles. The van der Waals surface area contributed by atoms with Crippen LogP contribution in [-0.2, 0) is 4.74 Å². The third-order valence-electron chi connectivity index (χ3n) is 6.09. The van der Waals surface area contributed by atoms with Gasteiger partial charge in [-0.3, -0.25) is 9.88 Å². The molecular formula is C22H31FN4O6. The van der Waals surface area contributed by atoms with E-state index in [1.165, 1.54) is 6.07 Å². The van der Waals surface area contributed by atoms with E-state index in [0.717, 1.165) is 10.6 Å². The van der Waals surface area contributed by atoms with Gasteiger partial charge in [0.05, 0.1) is 17.1 Å². The number of aliphatic hydroxyl groups is 2. The van der Waals surface area contributed by atoms with Crippen LogP contribution in [0.15, 0.2) is 12.1 Å². The molecule has 4 rings (SSSR count). The molecule has 0 radical (unpaired) electrons. The molecule has 2 aromatic rings. The average Bonchev–Trinajstić information content (AvgIpc) is 2.96. The van der Waals surface area contributed by atoms with E-state index in [-0.39, 0.29) is 28.2 Å².